The molecule has 0 aliphatic carbocycles. The summed E-state index contributed by atoms with van der Waals surface area (Å²) in [6.45, 7) is 7.42. The number of rotatable bonds is 5. The number of likely N-dealkylation sites (tertiary alicyclic amines) is 1. The second-order valence-corrected chi connectivity index (χ2v) is 8.95. The van der Waals surface area contributed by atoms with E-state index in [9.17, 15) is 13.2 Å². The molecule has 1 saturated heterocycles. The highest BCUT2D eigenvalue weighted by atomic mass is 32.2. The molecule has 1 aliphatic rings. The van der Waals surface area contributed by atoms with Crippen molar-refractivity contribution in [2.45, 2.75) is 45.7 Å². The van der Waals surface area contributed by atoms with Crippen molar-refractivity contribution in [3.8, 4) is 0 Å². The SMILES string of the molecule is Cc1ccc(N([C@H](C)C(=O)NC2CCN(C)CC2)S(C)(=O)=O)cc1C. The van der Waals surface area contributed by atoms with Crippen molar-refractivity contribution in [3.05, 3.63) is 29.3 Å². The summed E-state index contributed by atoms with van der Waals surface area (Å²) in [6.07, 6.45) is 2.91. The minimum Gasteiger partial charge on any atom is -0.351 e. The fourth-order valence-electron chi connectivity index (χ4n) is 3.15. The van der Waals surface area contributed by atoms with Crippen LogP contribution in [-0.4, -0.2) is 57.7 Å². The topological polar surface area (TPSA) is 69.7 Å². The van der Waals surface area contributed by atoms with Crippen molar-refractivity contribution in [1.29, 1.82) is 0 Å². The first-order chi connectivity index (χ1) is 11.6. The highest BCUT2D eigenvalue weighted by Crippen LogP contribution is 2.24. The van der Waals surface area contributed by atoms with Gasteiger partial charge in [-0.15, -0.1) is 0 Å². The van der Waals surface area contributed by atoms with Crippen LogP contribution in [0.1, 0.15) is 30.9 Å². The predicted octanol–water partition coefficient (Wildman–Crippen LogP) is 1.67. The first-order valence-corrected chi connectivity index (χ1v) is 10.5. The fraction of sp³-hybridized carbons (Fsp3) is 0.611. The average Bonchev–Trinajstić information content (AvgIpc) is 2.51. The van der Waals surface area contributed by atoms with Gasteiger partial charge >= 0.3 is 0 Å². The van der Waals surface area contributed by atoms with Crippen molar-refractivity contribution in [2.24, 2.45) is 0 Å². The second kappa shape index (κ2) is 7.74. The fourth-order valence-corrected chi connectivity index (χ4v) is 4.31. The molecule has 1 N–H and O–H groups in total. The predicted molar refractivity (Wildman–Crippen MR) is 101 cm³/mol. The van der Waals surface area contributed by atoms with E-state index in [2.05, 4.69) is 17.3 Å². The van der Waals surface area contributed by atoms with Crippen LogP contribution in [0.2, 0.25) is 0 Å². The first kappa shape index (κ1) is 19.7. The molecule has 0 saturated carbocycles. The molecule has 1 aromatic rings. The molecule has 6 nitrogen and oxygen atoms in total. The normalized spacial score (nSPS) is 18.0. The van der Waals surface area contributed by atoms with Gasteiger partial charge in [0, 0.05) is 6.04 Å². The van der Waals surface area contributed by atoms with Crippen LogP contribution in [0, 0.1) is 13.8 Å². The number of amides is 1. The Morgan fingerprint density at radius 1 is 1.24 bits per heavy atom. The maximum absolute atomic E-state index is 12.7. The molecular weight excluding hydrogens is 338 g/mol. The summed E-state index contributed by atoms with van der Waals surface area (Å²) >= 11 is 0. The first-order valence-electron chi connectivity index (χ1n) is 8.65. The lowest BCUT2D eigenvalue weighted by Crippen LogP contribution is -2.52. The van der Waals surface area contributed by atoms with E-state index in [-0.39, 0.29) is 11.9 Å². The van der Waals surface area contributed by atoms with E-state index in [0.717, 1.165) is 43.3 Å². The minimum atomic E-state index is -3.58. The van der Waals surface area contributed by atoms with Crippen LogP contribution >= 0.6 is 0 Å². The summed E-state index contributed by atoms with van der Waals surface area (Å²) in [5.74, 6) is -0.252. The Bertz CT molecular complexity index is 725. The van der Waals surface area contributed by atoms with E-state index in [1.165, 1.54) is 4.31 Å². The third kappa shape index (κ3) is 4.95. The minimum absolute atomic E-state index is 0.104. The highest BCUT2D eigenvalue weighted by Gasteiger charge is 2.31. The number of carbonyl (C=O) groups is 1. The third-order valence-corrected chi connectivity index (χ3v) is 6.14. The van der Waals surface area contributed by atoms with E-state index < -0.39 is 16.1 Å². The van der Waals surface area contributed by atoms with Gasteiger partial charge < -0.3 is 10.2 Å². The van der Waals surface area contributed by atoms with Crippen LogP contribution < -0.4 is 9.62 Å². The Balaban J connectivity index is 2.19. The number of aryl methyl sites for hydroxylation is 2. The molecule has 2 rings (SSSR count). The number of anilines is 1. The molecule has 0 unspecified atom stereocenters. The second-order valence-electron chi connectivity index (χ2n) is 7.09. The number of hydrogen-bond donors (Lipinski definition) is 1. The Morgan fingerprint density at radius 3 is 2.36 bits per heavy atom. The van der Waals surface area contributed by atoms with Crippen LogP contribution in [0.15, 0.2) is 18.2 Å². The summed E-state index contributed by atoms with van der Waals surface area (Å²) in [5, 5.41) is 3.02. The molecule has 1 heterocycles. The van der Waals surface area contributed by atoms with E-state index in [4.69, 9.17) is 0 Å². The van der Waals surface area contributed by atoms with Gasteiger partial charge in [-0.3, -0.25) is 9.10 Å². The number of nitrogens with zero attached hydrogens (tertiary/aromatic N) is 2. The number of carbonyl (C=O) groups excluding carboxylic acids is 1. The summed E-state index contributed by atoms with van der Waals surface area (Å²) < 4.78 is 25.9. The summed E-state index contributed by atoms with van der Waals surface area (Å²) in [7, 11) is -1.52. The molecule has 1 aromatic carbocycles. The highest BCUT2D eigenvalue weighted by molar-refractivity contribution is 7.92. The molecule has 0 spiro atoms. The van der Waals surface area contributed by atoms with E-state index >= 15 is 0 Å². The van der Waals surface area contributed by atoms with Crippen LogP contribution in [0.4, 0.5) is 5.69 Å². The Labute approximate surface area is 151 Å². The van der Waals surface area contributed by atoms with Gasteiger partial charge in [0.25, 0.3) is 0 Å². The lowest BCUT2D eigenvalue weighted by atomic mass is 10.1. The zero-order valence-electron chi connectivity index (χ0n) is 15.7. The molecule has 1 aliphatic heterocycles. The van der Waals surface area contributed by atoms with Gasteiger partial charge in [0.05, 0.1) is 11.9 Å². The Kier molecular flexibility index (Phi) is 6.11. The molecule has 1 fully saturated rings. The van der Waals surface area contributed by atoms with Crippen molar-refractivity contribution in [2.75, 3.05) is 30.7 Å². The van der Waals surface area contributed by atoms with Crippen LogP contribution in [0.5, 0.6) is 0 Å². The van der Waals surface area contributed by atoms with Gasteiger partial charge in [-0.2, -0.15) is 0 Å². The number of nitrogens with one attached hydrogen (secondary N) is 1. The van der Waals surface area contributed by atoms with Gasteiger partial charge in [0.2, 0.25) is 15.9 Å². The molecule has 1 amide bonds. The maximum atomic E-state index is 12.7. The van der Waals surface area contributed by atoms with E-state index in [0.29, 0.717) is 5.69 Å². The molecule has 0 aromatic heterocycles. The van der Waals surface area contributed by atoms with E-state index in [1.807, 2.05) is 26.0 Å². The lowest BCUT2D eigenvalue weighted by molar-refractivity contribution is -0.122. The zero-order valence-corrected chi connectivity index (χ0v) is 16.6. The van der Waals surface area contributed by atoms with Crippen LogP contribution in [0.25, 0.3) is 0 Å². The molecule has 0 bridgehead atoms. The molecule has 7 heteroatoms. The van der Waals surface area contributed by atoms with Gasteiger partial charge in [-0.25, -0.2) is 8.42 Å². The largest absolute Gasteiger partial charge is 0.351 e. The van der Waals surface area contributed by atoms with Crippen molar-refractivity contribution in [1.82, 2.24) is 10.2 Å². The summed E-state index contributed by atoms with van der Waals surface area (Å²) in [5.41, 5.74) is 2.60. The zero-order chi connectivity index (χ0) is 18.8. The van der Waals surface area contributed by atoms with E-state index in [1.54, 1.807) is 13.0 Å². The molecule has 1 atom stereocenters. The smallest absolute Gasteiger partial charge is 0.243 e. The van der Waals surface area contributed by atoms with Gasteiger partial charge in [-0.05, 0) is 77.0 Å². The quantitative estimate of drug-likeness (QED) is 0.859. The number of piperidine rings is 1. The standard InChI is InChI=1S/C18H29N3O3S/c1-13-6-7-17(12-14(13)2)21(25(5,23)24)15(3)18(22)19-16-8-10-20(4)11-9-16/h6-7,12,15-16H,8-11H2,1-5H3,(H,19,22)/t15-/m1/s1. The number of hydrogen-bond acceptors (Lipinski definition) is 4. The third-order valence-electron chi connectivity index (χ3n) is 4.90. The summed E-state index contributed by atoms with van der Waals surface area (Å²) in [4.78, 5) is 14.9. The van der Waals surface area contributed by atoms with Crippen LogP contribution in [0.3, 0.4) is 0 Å². The number of sulfonamides is 1. The van der Waals surface area contributed by atoms with Crippen molar-refractivity contribution < 1.29 is 13.2 Å². The summed E-state index contributed by atoms with van der Waals surface area (Å²) in [6, 6.07) is 4.76. The van der Waals surface area contributed by atoms with Gasteiger partial charge in [0.1, 0.15) is 6.04 Å². The van der Waals surface area contributed by atoms with Gasteiger partial charge in [0.15, 0.2) is 0 Å². The number of benzene rings is 1. The monoisotopic (exact) mass is 367 g/mol. The Hall–Kier alpha value is -1.60. The van der Waals surface area contributed by atoms with Crippen molar-refractivity contribution in [3.63, 3.8) is 0 Å². The lowest BCUT2D eigenvalue weighted by Gasteiger charge is -2.33. The molecular formula is C18H29N3O3S. The molecule has 25 heavy (non-hydrogen) atoms. The molecule has 140 valence electrons. The van der Waals surface area contributed by atoms with Crippen LogP contribution in [-0.2, 0) is 14.8 Å². The van der Waals surface area contributed by atoms with Gasteiger partial charge in [-0.1, -0.05) is 6.07 Å². The van der Waals surface area contributed by atoms with Crippen molar-refractivity contribution >= 4 is 21.6 Å². The average molecular weight is 368 g/mol. The Morgan fingerprint density at radius 2 is 1.84 bits per heavy atom. The molecule has 0 radical (unpaired) electrons. The maximum Gasteiger partial charge on any atom is 0.243 e.